The van der Waals surface area contributed by atoms with Crippen molar-refractivity contribution in [3.63, 3.8) is 0 Å². The molecule has 1 fully saturated rings. The fourth-order valence-corrected chi connectivity index (χ4v) is 3.79. The van der Waals surface area contributed by atoms with Crippen LogP contribution in [0, 0.1) is 0 Å². The van der Waals surface area contributed by atoms with Crippen molar-refractivity contribution in [3.05, 3.63) is 42.5 Å². The number of methoxy groups -OCH3 is 1. The molecule has 26 heavy (non-hydrogen) atoms. The molecule has 0 saturated carbocycles. The van der Waals surface area contributed by atoms with E-state index in [1.807, 2.05) is 24.5 Å². The number of piperazine rings is 1. The van der Waals surface area contributed by atoms with Gasteiger partial charge in [-0.15, -0.1) is 0 Å². The van der Waals surface area contributed by atoms with Crippen LogP contribution >= 0.6 is 0 Å². The number of hydrogen-bond donors (Lipinski definition) is 1. The maximum atomic E-state index is 9.42. The van der Waals surface area contributed by atoms with E-state index in [9.17, 15) is 5.11 Å². The van der Waals surface area contributed by atoms with Gasteiger partial charge in [0.05, 0.1) is 13.7 Å². The first kappa shape index (κ1) is 18.9. The summed E-state index contributed by atoms with van der Waals surface area (Å²) in [6, 6.07) is 8.95. The van der Waals surface area contributed by atoms with Gasteiger partial charge in [0.1, 0.15) is 11.6 Å². The van der Waals surface area contributed by atoms with Gasteiger partial charge in [-0.05, 0) is 44.5 Å². The van der Waals surface area contributed by atoms with Gasteiger partial charge in [-0.1, -0.05) is 0 Å². The van der Waals surface area contributed by atoms with Gasteiger partial charge in [0.2, 0.25) is 0 Å². The number of benzene rings is 1. The zero-order valence-electron chi connectivity index (χ0n) is 16.0. The van der Waals surface area contributed by atoms with Crippen LogP contribution in [0.5, 0.6) is 5.75 Å². The minimum atomic E-state index is 0.238. The van der Waals surface area contributed by atoms with Gasteiger partial charge in [0.25, 0.3) is 0 Å². The fraction of sp³-hybridized carbons (Fsp3) is 0.550. The van der Waals surface area contributed by atoms with Crippen LogP contribution in [0.2, 0.25) is 0 Å². The van der Waals surface area contributed by atoms with Crippen LogP contribution in [0.25, 0.3) is 5.69 Å². The molecular weight excluding hydrogens is 328 g/mol. The van der Waals surface area contributed by atoms with Gasteiger partial charge < -0.3 is 14.4 Å². The van der Waals surface area contributed by atoms with E-state index in [0.717, 1.165) is 49.9 Å². The summed E-state index contributed by atoms with van der Waals surface area (Å²) in [5, 5.41) is 9.42. The predicted octanol–water partition coefficient (Wildman–Crippen LogP) is 2.16. The molecule has 0 amide bonds. The molecule has 3 rings (SSSR count). The Kier molecular flexibility index (Phi) is 6.29. The van der Waals surface area contributed by atoms with Crippen molar-refractivity contribution in [2.24, 2.45) is 0 Å². The molecule has 6 heteroatoms. The molecule has 0 bridgehead atoms. The van der Waals surface area contributed by atoms with Gasteiger partial charge >= 0.3 is 0 Å². The second-order valence-electron chi connectivity index (χ2n) is 7.14. The SMILES string of the molecule is COc1ccc(-n2ccnc2CN2CCN(C(C)C)C(CCO)C2)cc1. The fourth-order valence-electron chi connectivity index (χ4n) is 3.79. The van der Waals surface area contributed by atoms with Crippen LogP contribution in [-0.2, 0) is 6.54 Å². The maximum absolute atomic E-state index is 9.42. The molecule has 1 aromatic carbocycles. The van der Waals surface area contributed by atoms with Gasteiger partial charge in [0.15, 0.2) is 0 Å². The number of ether oxygens (including phenoxy) is 1. The third-order valence-corrected chi connectivity index (χ3v) is 5.17. The number of imidazole rings is 1. The molecule has 1 saturated heterocycles. The molecule has 6 nitrogen and oxygen atoms in total. The summed E-state index contributed by atoms with van der Waals surface area (Å²) in [5.41, 5.74) is 1.09. The topological polar surface area (TPSA) is 53.8 Å². The molecule has 2 heterocycles. The molecule has 0 spiro atoms. The predicted molar refractivity (Wildman–Crippen MR) is 103 cm³/mol. The molecule has 1 aliphatic rings. The smallest absolute Gasteiger partial charge is 0.127 e. The number of aliphatic hydroxyl groups is 1. The lowest BCUT2D eigenvalue weighted by molar-refractivity contribution is 0.0337. The van der Waals surface area contributed by atoms with E-state index in [1.54, 1.807) is 7.11 Å². The lowest BCUT2D eigenvalue weighted by atomic mass is 10.1. The normalized spacial score (nSPS) is 19.2. The van der Waals surface area contributed by atoms with Gasteiger partial charge in [-0.25, -0.2) is 4.98 Å². The van der Waals surface area contributed by atoms with Crippen molar-refractivity contribution in [2.75, 3.05) is 33.4 Å². The van der Waals surface area contributed by atoms with Crippen LogP contribution in [0.1, 0.15) is 26.1 Å². The standard InChI is InChI=1S/C20H30N4O2/c1-16(2)23-12-11-22(14-18(23)8-13-25)15-20-21-9-10-24(20)17-4-6-19(26-3)7-5-17/h4-7,9-10,16,18,25H,8,11-15H2,1-3H3. The quantitative estimate of drug-likeness (QED) is 0.822. The van der Waals surface area contributed by atoms with E-state index in [0.29, 0.717) is 12.1 Å². The third kappa shape index (κ3) is 4.26. The van der Waals surface area contributed by atoms with Crippen molar-refractivity contribution < 1.29 is 9.84 Å². The molecular formula is C20H30N4O2. The first-order valence-electron chi connectivity index (χ1n) is 9.38. The summed E-state index contributed by atoms with van der Waals surface area (Å²) < 4.78 is 7.38. The second kappa shape index (κ2) is 8.66. The largest absolute Gasteiger partial charge is 0.497 e. The Labute approximate surface area is 156 Å². The van der Waals surface area contributed by atoms with Crippen molar-refractivity contribution in [1.29, 1.82) is 0 Å². The highest BCUT2D eigenvalue weighted by Gasteiger charge is 2.28. The van der Waals surface area contributed by atoms with Crippen LogP contribution in [0.3, 0.4) is 0 Å². The van der Waals surface area contributed by atoms with Crippen molar-refractivity contribution in [1.82, 2.24) is 19.4 Å². The maximum Gasteiger partial charge on any atom is 0.127 e. The van der Waals surface area contributed by atoms with Crippen molar-refractivity contribution in [2.45, 2.75) is 38.9 Å². The summed E-state index contributed by atoms with van der Waals surface area (Å²) in [5.74, 6) is 1.89. The highest BCUT2D eigenvalue weighted by atomic mass is 16.5. The Hall–Kier alpha value is -1.89. The molecule has 1 unspecified atom stereocenters. The van der Waals surface area contributed by atoms with Crippen LogP contribution < -0.4 is 4.74 Å². The van der Waals surface area contributed by atoms with E-state index >= 15 is 0 Å². The Bertz CT molecular complexity index is 683. The summed E-state index contributed by atoms with van der Waals surface area (Å²) >= 11 is 0. The van der Waals surface area contributed by atoms with Crippen LogP contribution in [0.15, 0.2) is 36.7 Å². The Morgan fingerprint density at radius 1 is 1.23 bits per heavy atom. The van der Waals surface area contributed by atoms with Gasteiger partial charge in [-0.3, -0.25) is 9.80 Å². The number of hydrogen-bond acceptors (Lipinski definition) is 5. The Balaban J connectivity index is 1.70. The highest BCUT2D eigenvalue weighted by molar-refractivity contribution is 5.38. The average Bonchev–Trinajstić information content (AvgIpc) is 3.10. The second-order valence-corrected chi connectivity index (χ2v) is 7.14. The molecule has 2 aromatic rings. The summed E-state index contributed by atoms with van der Waals surface area (Å²) in [4.78, 5) is 9.53. The molecule has 0 radical (unpaired) electrons. The Morgan fingerprint density at radius 3 is 2.65 bits per heavy atom. The van der Waals surface area contributed by atoms with E-state index in [2.05, 4.69) is 45.3 Å². The van der Waals surface area contributed by atoms with E-state index in [1.165, 1.54) is 0 Å². The zero-order valence-corrected chi connectivity index (χ0v) is 16.0. The lowest BCUT2D eigenvalue weighted by Gasteiger charge is -2.43. The van der Waals surface area contributed by atoms with Crippen molar-refractivity contribution >= 4 is 0 Å². The van der Waals surface area contributed by atoms with E-state index in [-0.39, 0.29) is 6.61 Å². The monoisotopic (exact) mass is 358 g/mol. The zero-order chi connectivity index (χ0) is 18.5. The number of rotatable bonds is 7. The third-order valence-electron chi connectivity index (χ3n) is 5.17. The first-order valence-corrected chi connectivity index (χ1v) is 9.38. The molecule has 1 aromatic heterocycles. The highest BCUT2D eigenvalue weighted by Crippen LogP contribution is 2.20. The number of nitrogens with zero attached hydrogens (tertiary/aromatic N) is 4. The lowest BCUT2D eigenvalue weighted by Crippen LogP contribution is -2.55. The summed E-state index contributed by atoms with van der Waals surface area (Å²) in [6.07, 6.45) is 4.68. The van der Waals surface area contributed by atoms with Gasteiger partial charge in [0, 0.05) is 56.4 Å². The van der Waals surface area contributed by atoms with E-state index in [4.69, 9.17) is 4.74 Å². The van der Waals surface area contributed by atoms with Crippen LogP contribution in [0.4, 0.5) is 0 Å². The molecule has 0 aliphatic carbocycles. The molecule has 1 atom stereocenters. The Morgan fingerprint density at radius 2 is 2.00 bits per heavy atom. The minimum Gasteiger partial charge on any atom is -0.497 e. The summed E-state index contributed by atoms with van der Waals surface area (Å²) in [7, 11) is 1.68. The average molecular weight is 358 g/mol. The number of aliphatic hydroxyl groups excluding tert-OH is 1. The van der Waals surface area contributed by atoms with Crippen molar-refractivity contribution in [3.8, 4) is 11.4 Å². The first-order chi connectivity index (χ1) is 12.6. The molecule has 142 valence electrons. The molecule has 1 aliphatic heterocycles. The summed E-state index contributed by atoms with van der Waals surface area (Å²) in [6.45, 7) is 8.54. The van der Waals surface area contributed by atoms with Gasteiger partial charge in [-0.2, -0.15) is 0 Å². The molecule has 1 N–H and O–H groups in total. The minimum absolute atomic E-state index is 0.238. The van der Waals surface area contributed by atoms with E-state index < -0.39 is 0 Å². The number of aromatic nitrogens is 2. The van der Waals surface area contributed by atoms with Crippen LogP contribution in [-0.4, -0.2) is 69.9 Å².